The van der Waals surface area contributed by atoms with E-state index in [1.165, 1.54) is 14.2 Å². The summed E-state index contributed by atoms with van der Waals surface area (Å²) in [6, 6.07) is 2.01. The van der Waals surface area contributed by atoms with Crippen LogP contribution in [0.25, 0.3) is 0 Å². The maximum atomic E-state index is 13.3. The van der Waals surface area contributed by atoms with Crippen molar-refractivity contribution in [3.05, 3.63) is 12.1 Å². The van der Waals surface area contributed by atoms with Crippen molar-refractivity contribution in [3.63, 3.8) is 0 Å². The van der Waals surface area contributed by atoms with Gasteiger partial charge in [0.2, 0.25) is 15.2 Å². The van der Waals surface area contributed by atoms with Crippen LogP contribution in [0, 0.1) is 0 Å². The van der Waals surface area contributed by atoms with Gasteiger partial charge in [0, 0.05) is 12.1 Å². The average molecular weight is 900 g/mol. The number of hydrazine groups is 2. The minimum atomic E-state index is -2.14. The van der Waals surface area contributed by atoms with Crippen LogP contribution in [0.2, 0.25) is 0 Å². The molecule has 0 bridgehead atoms. The van der Waals surface area contributed by atoms with Gasteiger partial charge in [-0.1, -0.05) is 139 Å². The Kier molecular flexibility index (Phi) is 17.4. The first-order valence-electron chi connectivity index (χ1n) is 11.2. The number of nitrogens with zero attached hydrogens (tertiary/aromatic N) is 2. The van der Waals surface area contributed by atoms with E-state index in [0.29, 0.717) is 10.0 Å². The minimum Gasteiger partial charge on any atom is -0.493 e. The number of halogens is 12. The zero-order chi connectivity index (χ0) is 35.7. The number of rotatable bonds is 8. The number of alkyl halides is 12. The van der Waals surface area contributed by atoms with Crippen molar-refractivity contribution in [2.75, 3.05) is 50.7 Å². The number of amides is 4. The lowest BCUT2D eigenvalue weighted by molar-refractivity contribution is 0.134. The summed E-state index contributed by atoms with van der Waals surface area (Å²) in [6.45, 7) is -3.38. The predicted molar refractivity (Wildman–Crippen MR) is 177 cm³/mol. The molecule has 0 radical (unpaired) electrons. The molecule has 26 heteroatoms. The number of carbonyl (C=O) groups is 4. The van der Waals surface area contributed by atoms with E-state index in [-0.39, 0.29) is 11.5 Å². The van der Waals surface area contributed by atoms with E-state index in [0.717, 1.165) is 12.1 Å². The molecule has 1 rings (SSSR count). The summed E-state index contributed by atoms with van der Waals surface area (Å²) in [5, 5.41) is 0.607. The molecule has 0 atom stereocenters. The quantitative estimate of drug-likeness (QED) is 0.148. The van der Waals surface area contributed by atoms with Gasteiger partial charge in [0.1, 0.15) is 26.4 Å². The highest BCUT2D eigenvalue weighted by atomic mass is 35.6. The number of carbonyl (C=O) groups excluding carboxylic acids is 4. The van der Waals surface area contributed by atoms with E-state index in [9.17, 15) is 19.2 Å². The highest BCUT2D eigenvalue weighted by molar-refractivity contribution is 6.69. The van der Waals surface area contributed by atoms with Crippen molar-refractivity contribution in [3.8, 4) is 11.5 Å². The van der Waals surface area contributed by atoms with Gasteiger partial charge >= 0.3 is 24.4 Å². The lowest BCUT2D eigenvalue weighted by atomic mass is 10.2. The molecular formula is C20H18Cl12N4O10. The fourth-order valence-corrected chi connectivity index (χ4v) is 3.24. The van der Waals surface area contributed by atoms with Gasteiger partial charge in [0.05, 0.1) is 25.6 Å². The van der Waals surface area contributed by atoms with Gasteiger partial charge in [-0.05, 0) is 0 Å². The van der Waals surface area contributed by atoms with E-state index in [4.69, 9.17) is 168 Å². The molecule has 0 aliphatic heterocycles. The Labute approximate surface area is 320 Å². The molecule has 0 aliphatic rings. The topological polar surface area (TPSA) is 154 Å². The largest absolute Gasteiger partial charge is 0.493 e. The predicted octanol–water partition coefficient (Wildman–Crippen LogP) is 8.35. The second-order valence-electron chi connectivity index (χ2n) is 7.81. The van der Waals surface area contributed by atoms with Crippen molar-refractivity contribution < 1.29 is 47.6 Å². The molecule has 0 aromatic heterocycles. The fraction of sp³-hybridized carbons (Fsp3) is 0.500. The zero-order valence-electron chi connectivity index (χ0n) is 22.5. The molecule has 262 valence electrons. The van der Waals surface area contributed by atoms with Gasteiger partial charge in [-0.2, -0.15) is 10.0 Å². The van der Waals surface area contributed by atoms with Crippen molar-refractivity contribution >= 4 is 175 Å². The summed E-state index contributed by atoms with van der Waals surface area (Å²) in [7, 11) is 2.38. The maximum absolute atomic E-state index is 13.3. The Morgan fingerprint density at radius 3 is 1.04 bits per heavy atom. The summed E-state index contributed by atoms with van der Waals surface area (Å²) in [5.74, 6) is -0.268. The Morgan fingerprint density at radius 2 is 0.804 bits per heavy atom. The lowest BCUT2D eigenvalue weighted by Gasteiger charge is -2.30. The highest BCUT2D eigenvalue weighted by Crippen LogP contribution is 2.41. The molecule has 0 fully saturated rings. The molecule has 0 saturated carbocycles. The summed E-state index contributed by atoms with van der Waals surface area (Å²) in [5.41, 5.74) is 2.83. The van der Waals surface area contributed by atoms with Crippen molar-refractivity contribution in [2.45, 2.75) is 15.2 Å². The summed E-state index contributed by atoms with van der Waals surface area (Å²) in [4.78, 5) is 51.9. The Bertz CT molecular complexity index is 1150. The van der Waals surface area contributed by atoms with E-state index >= 15 is 0 Å². The molecule has 1 aromatic carbocycles. The molecule has 14 nitrogen and oxygen atoms in total. The number of benzene rings is 1. The van der Waals surface area contributed by atoms with Crippen LogP contribution in [0.4, 0.5) is 30.6 Å². The van der Waals surface area contributed by atoms with Gasteiger partial charge < -0.3 is 28.4 Å². The van der Waals surface area contributed by atoms with E-state index in [1.807, 2.05) is 10.9 Å². The van der Waals surface area contributed by atoms with Crippen molar-refractivity contribution in [1.82, 2.24) is 10.9 Å². The Hall–Kier alpha value is -0.620. The number of methoxy groups -OCH3 is 2. The monoisotopic (exact) mass is 894 g/mol. The van der Waals surface area contributed by atoms with Crippen molar-refractivity contribution in [1.29, 1.82) is 0 Å². The standard InChI is InChI=1S/C20H18Cl12N4O10/c1-41-11-3-9(35(15(39)45-7-19(27,28)29)33-13(37)43-5-17(21,22)23)10(4-12(11)42-2)36(16(40)46-8-20(30,31)32)34-14(38)44-6-18(24,25)26/h3-4H,5-8H2,1-2H3,(H,33,37)(H,34,38). The minimum absolute atomic E-state index is 0.134. The third kappa shape index (κ3) is 17.2. The third-order valence-corrected chi connectivity index (χ3v) is 5.50. The molecular weight excluding hydrogens is 882 g/mol. The smallest absolute Gasteiger partial charge is 0.433 e. The van der Waals surface area contributed by atoms with Crippen molar-refractivity contribution in [2.24, 2.45) is 0 Å². The van der Waals surface area contributed by atoms with Gasteiger partial charge in [0.25, 0.3) is 0 Å². The molecule has 0 spiro atoms. The van der Waals surface area contributed by atoms with E-state index < -0.39 is 77.3 Å². The van der Waals surface area contributed by atoms with Crippen LogP contribution in [0.5, 0.6) is 11.5 Å². The first kappa shape index (κ1) is 43.4. The van der Waals surface area contributed by atoms with Crippen LogP contribution < -0.4 is 30.3 Å². The van der Waals surface area contributed by atoms with Gasteiger partial charge in [0.15, 0.2) is 11.5 Å². The van der Waals surface area contributed by atoms with E-state index in [1.54, 1.807) is 0 Å². The maximum Gasteiger partial charge on any atom is 0.433 e. The number of hydrogen-bond acceptors (Lipinski definition) is 10. The van der Waals surface area contributed by atoms with Gasteiger partial charge in [-0.15, -0.1) is 0 Å². The summed E-state index contributed by atoms with van der Waals surface area (Å²) < 4.78 is 21.6. The molecule has 0 saturated heterocycles. The highest BCUT2D eigenvalue weighted by Gasteiger charge is 2.35. The Morgan fingerprint density at radius 1 is 0.543 bits per heavy atom. The SMILES string of the molecule is COc1cc(N(NC(=O)OCC(Cl)(Cl)Cl)C(=O)OCC(Cl)(Cl)Cl)c(N(NC(=O)OCC(Cl)(Cl)Cl)C(=O)OCC(Cl)(Cl)Cl)cc1OC. The number of ether oxygens (including phenoxy) is 6. The number of hydrogen-bond donors (Lipinski definition) is 2. The summed E-state index contributed by atoms with van der Waals surface area (Å²) in [6.07, 6.45) is -5.84. The molecule has 0 heterocycles. The fourth-order valence-electron chi connectivity index (χ4n) is 2.58. The first-order chi connectivity index (χ1) is 20.9. The van der Waals surface area contributed by atoms with Crippen LogP contribution in [0.15, 0.2) is 12.1 Å². The summed E-state index contributed by atoms with van der Waals surface area (Å²) >= 11 is 67.8. The Balaban J connectivity index is 3.89. The first-order valence-corrected chi connectivity index (χ1v) is 15.7. The molecule has 1 aromatic rings. The number of anilines is 2. The molecule has 46 heavy (non-hydrogen) atoms. The molecule has 0 unspecified atom stereocenters. The number of nitrogens with one attached hydrogen (secondary N) is 2. The van der Waals surface area contributed by atoms with Crippen LogP contribution in [0.3, 0.4) is 0 Å². The third-order valence-electron chi connectivity index (χ3n) is 4.19. The second-order valence-corrected chi connectivity index (χ2v) is 17.9. The van der Waals surface area contributed by atoms with Crippen LogP contribution in [-0.2, 0) is 18.9 Å². The second kappa shape index (κ2) is 18.4. The average Bonchev–Trinajstić information content (AvgIpc) is 2.91. The van der Waals surface area contributed by atoms with Gasteiger partial charge in [-0.3, -0.25) is 0 Å². The molecule has 4 amide bonds. The van der Waals surface area contributed by atoms with Crippen LogP contribution in [0.1, 0.15) is 0 Å². The molecule has 0 aliphatic carbocycles. The van der Waals surface area contributed by atoms with Crippen LogP contribution >= 0.6 is 139 Å². The lowest BCUT2D eigenvalue weighted by Crippen LogP contribution is -2.51. The van der Waals surface area contributed by atoms with Gasteiger partial charge in [-0.25, -0.2) is 30.0 Å². The van der Waals surface area contributed by atoms with E-state index in [2.05, 4.69) is 0 Å². The molecule has 2 N–H and O–H groups in total. The van der Waals surface area contributed by atoms with Crippen LogP contribution in [-0.4, -0.2) is 80.2 Å². The normalized spacial score (nSPS) is 12.0. The zero-order valence-corrected chi connectivity index (χ0v) is 31.6.